The number of rotatable bonds is 2. The van der Waals surface area contributed by atoms with Crippen LogP contribution in [-0.4, -0.2) is 52.3 Å². The summed E-state index contributed by atoms with van der Waals surface area (Å²) < 4.78 is 19.3. The highest BCUT2D eigenvalue weighted by Gasteiger charge is 2.26. The van der Waals surface area contributed by atoms with Gasteiger partial charge in [-0.25, -0.2) is 19.6 Å². The lowest BCUT2D eigenvalue weighted by atomic mass is 10.2. The summed E-state index contributed by atoms with van der Waals surface area (Å²) in [5.74, 6) is -0.264. The molecule has 0 spiro atoms. The van der Waals surface area contributed by atoms with Crippen LogP contribution in [0.4, 0.5) is 9.18 Å². The maximum atomic E-state index is 13.8. The van der Waals surface area contributed by atoms with E-state index in [2.05, 4.69) is 10.4 Å². The molecule has 0 saturated carbocycles. The molecule has 28 heavy (non-hydrogen) atoms. The van der Waals surface area contributed by atoms with Crippen molar-refractivity contribution in [1.29, 1.82) is 0 Å². The monoisotopic (exact) mass is 420 g/mol. The molecule has 1 amide bonds. The van der Waals surface area contributed by atoms with E-state index in [4.69, 9.17) is 17.0 Å². The Hall–Kier alpha value is -1.97. The average molecular weight is 421 g/mol. The van der Waals surface area contributed by atoms with Gasteiger partial charge in [0, 0.05) is 37.8 Å². The van der Waals surface area contributed by atoms with Gasteiger partial charge in [-0.3, -0.25) is 5.01 Å². The second kappa shape index (κ2) is 8.59. The number of nitrogens with one attached hydrogen (secondary N) is 1. The summed E-state index contributed by atoms with van der Waals surface area (Å²) >= 11 is 6.88. The molecule has 1 aromatic rings. The van der Waals surface area contributed by atoms with E-state index in [0.29, 0.717) is 23.6 Å². The summed E-state index contributed by atoms with van der Waals surface area (Å²) in [5, 5.41) is 2.83. The predicted octanol–water partition coefficient (Wildman–Crippen LogP) is 3.79. The van der Waals surface area contributed by atoms with Crippen LogP contribution in [-0.2, 0) is 0 Å². The fraction of sp³-hybridized carbons (Fsp3) is 0.421. The molecule has 6 nitrogen and oxygen atoms in total. The summed E-state index contributed by atoms with van der Waals surface area (Å²) in [4.78, 5) is 19.7. The van der Waals surface area contributed by atoms with Crippen molar-refractivity contribution in [3.8, 4) is 5.75 Å². The van der Waals surface area contributed by atoms with E-state index in [9.17, 15) is 9.18 Å². The number of halogens is 1. The number of thiocarbonyl (C=S) groups is 1. The highest BCUT2D eigenvalue weighted by atomic mass is 32.2. The third-order valence-electron chi connectivity index (χ3n) is 4.78. The van der Waals surface area contributed by atoms with Crippen molar-refractivity contribution in [2.24, 2.45) is 4.99 Å². The number of thioether (sulfide) groups is 1. The van der Waals surface area contributed by atoms with E-state index in [-0.39, 0.29) is 5.75 Å². The van der Waals surface area contributed by atoms with Gasteiger partial charge in [0.2, 0.25) is 0 Å². The van der Waals surface area contributed by atoms with E-state index in [1.54, 1.807) is 17.0 Å². The molecule has 0 aliphatic carbocycles. The second-order valence-electron chi connectivity index (χ2n) is 6.82. The number of likely N-dealkylation sites (tertiary alicyclic amines) is 1. The Morgan fingerprint density at radius 2 is 2.04 bits per heavy atom. The van der Waals surface area contributed by atoms with Crippen LogP contribution in [0.3, 0.4) is 0 Å². The van der Waals surface area contributed by atoms with Crippen LogP contribution < -0.4 is 10.2 Å². The van der Waals surface area contributed by atoms with Crippen molar-refractivity contribution in [3.05, 3.63) is 34.5 Å². The number of benzene rings is 1. The molecule has 4 rings (SSSR count). The SMILES string of the molecule is O=C(Oc1cc(F)ccc1/C=C1\SC(N2CCCCN2)=NC1=S)N1CCCC1. The van der Waals surface area contributed by atoms with Gasteiger partial charge in [-0.1, -0.05) is 12.2 Å². The van der Waals surface area contributed by atoms with Crippen LogP contribution >= 0.6 is 24.0 Å². The molecule has 0 aromatic heterocycles. The third kappa shape index (κ3) is 4.37. The largest absolute Gasteiger partial charge is 0.415 e. The van der Waals surface area contributed by atoms with Crippen LogP contribution in [0.15, 0.2) is 28.1 Å². The lowest BCUT2D eigenvalue weighted by molar-refractivity contribution is 0.162. The fourth-order valence-corrected chi connectivity index (χ4v) is 4.53. The Morgan fingerprint density at radius 3 is 2.79 bits per heavy atom. The standard InChI is InChI=1S/C19H21FN4O2S2/c20-14-6-5-13(15(12-14)26-19(25)23-8-3-4-9-23)11-16-17(27)22-18(28-16)24-10-2-1-7-21-24/h5-6,11-12,21H,1-4,7-10H2/b16-11-. The van der Waals surface area contributed by atoms with Crippen LogP contribution in [0.1, 0.15) is 31.2 Å². The zero-order valence-electron chi connectivity index (χ0n) is 15.3. The van der Waals surface area contributed by atoms with E-state index >= 15 is 0 Å². The minimum Gasteiger partial charge on any atom is -0.409 e. The van der Waals surface area contributed by atoms with Gasteiger partial charge in [0.15, 0.2) is 5.17 Å². The number of amides is 1. The van der Waals surface area contributed by atoms with Crippen LogP contribution in [0.2, 0.25) is 0 Å². The van der Waals surface area contributed by atoms with Crippen molar-refractivity contribution in [1.82, 2.24) is 15.3 Å². The summed E-state index contributed by atoms with van der Waals surface area (Å²) in [6, 6.07) is 4.17. The number of hydrazine groups is 1. The summed E-state index contributed by atoms with van der Waals surface area (Å²) in [6.07, 6.45) is 5.53. The normalized spacial score (nSPS) is 21.4. The number of amidine groups is 1. The third-order valence-corrected chi connectivity index (χ3v) is 6.24. The molecule has 0 bridgehead atoms. The van der Waals surface area contributed by atoms with Gasteiger partial charge in [0.05, 0.1) is 4.91 Å². The van der Waals surface area contributed by atoms with Crippen LogP contribution in [0.5, 0.6) is 5.75 Å². The number of carbonyl (C=O) groups is 1. The van der Waals surface area contributed by atoms with Gasteiger partial charge < -0.3 is 9.64 Å². The first-order valence-corrected chi connectivity index (χ1v) is 10.6. The lowest BCUT2D eigenvalue weighted by Gasteiger charge is -2.28. The minimum atomic E-state index is -0.456. The maximum absolute atomic E-state index is 13.8. The van der Waals surface area contributed by atoms with E-state index < -0.39 is 11.9 Å². The molecule has 2 saturated heterocycles. The molecule has 1 N–H and O–H groups in total. The van der Waals surface area contributed by atoms with Crippen molar-refractivity contribution in [3.63, 3.8) is 0 Å². The van der Waals surface area contributed by atoms with Crippen molar-refractivity contribution >= 4 is 46.3 Å². The molecule has 0 atom stereocenters. The maximum Gasteiger partial charge on any atom is 0.415 e. The molecule has 9 heteroatoms. The first-order chi connectivity index (χ1) is 13.6. The van der Waals surface area contributed by atoms with Crippen molar-refractivity contribution in [2.45, 2.75) is 25.7 Å². The Labute approximate surface area is 172 Å². The average Bonchev–Trinajstić information content (AvgIpc) is 3.35. The van der Waals surface area contributed by atoms with Gasteiger partial charge in [-0.15, -0.1) is 0 Å². The van der Waals surface area contributed by atoms with E-state index in [1.807, 2.05) is 5.01 Å². The second-order valence-corrected chi connectivity index (χ2v) is 8.22. The summed E-state index contributed by atoms with van der Waals surface area (Å²) in [5.41, 5.74) is 3.91. The zero-order valence-corrected chi connectivity index (χ0v) is 17.0. The molecule has 3 aliphatic heterocycles. The molecular weight excluding hydrogens is 399 g/mol. The van der Waals surface area contributed by atoms with Gasteiger partial charge >= 0.3 is 6.09 Å². The number of hydrogen-bond acceptors (Lipinski definition) is 6. The summed E-state index contributed by atoms with van der Waals surface area (Å²) in [6.45, 7) is 3.14. The zero-order chi connectivity index (χ0) is 19.5. The molecule has 3 aliphatic rings. The van der Waals surface area contributed by atoms with Crippen LogP contribution in [0, 0.1) is 5.82 Å². The first-order valence-electron chi connectivity index (χ1n) is 9.40. The van der Waals surface area contributed by atoms with Crippen molar-refractivity contribution < 1.29 is 13.9 Å². The molecule has 3 heterocycles. The van der Waals surface area contributed by atoms with E-state index in [0.717, 1.165) is 48.8 Å². The number of hydrogen-bond donors (Lipinski definition) is 1. The predicted molar refractivity (Wildman–Crippen MR) is 113 cm³/mol. The highest BCUT2D eigenvalue weighted by molar-refractivity contribution is 8.19. The quantitative estimate of drug-likeness (QED) is 0.580. The molecular formula is C19H21FN4O2S2. The highest BCUT2D eigenvalue weighted by Crippen LogP contribution is 2.33. The van der Waals surface area contributed by atoms with Crippen molar-refractivity contribution in [2.75, 3.05) is 26.2 Å². The number of carbonyl (C=O) groups excluding carboxylic acids is 1. The lowest BCUT2D eigenvalue weighted by Crippen LogP contribution is -2.45. The molecule has 1 aromatic carbocycles. The van der Waals surface area contributed by atoms with Gasteiger partial charge in [0.1, 0.15) is 16.6 Å². The fourth-order valence-electron chi connectivity index (χ4n) is 3.28. The molecule has 2 fully saturated rings. The Balaban J connectivity index is 1.52. The molecule has 148 valence electrons. The topological polar surface area (TPSA) is 57.2 Å². The van der Waals surface area contributed by atoms with Gasteiger partial charge in [-0.2, -0.15) is 0 Å². The Kier molecular flexibility index (Phi) is 5.93. The smallest absolute Gasteiger partial charge is 0.409 e. The van der Waals surface area contributed by atoms with Gasteiger partial charge in [-0.05, 0) is 55.7 Å². The molecule has 0 unspecified atom stereocenters. The van der Waals surface area contributed by atoms with Crippen LogP contribution in [0.25, 0.3) is 6.08 Å². The number of ether oxygens (including phenoxy) is 1. The van der Waals surface area contributed by atoms with Gasteiger partial charge in [0.25, 0.3) is 0 Å². The Bertz CT molecular complexity index is 846. The minimum absolute atomic E-state index is 0.192. The number of aliphatic imine (C=N–C) groups is 1. The summed E-state index contributed by atoms with van der Waals surface area (Å²) in [7, 11) is 0. The Morgan fingerprint density at radius 1 is 1.25 bits per heavy atom. The van der Waals surface area contributed by atoms with E-state index in [1.165, 1.54) is 23.9 Å². The first kappa shape index (κ1) is 19.4. The molecule has 0 radical (unpaired) electrons. The number of nitrogens with zero attached hydrogens (tertiary/aromatic N) is 3.